The zero-order chi connectivity index (χ0) is 13.7. The van der Waals surface area contributed by atoms with Crippen molar-refractivity contribution in [2.24, 2.45) is 0 Å². The van der Waals surface area contributed by atoms with E-state index >= 15 is 0 Å². The second kappa shape index (κ2) is 6.53. The molecule has 0 heterocycles. The minimum absolute atomic E-state index is 0.437. The van der Waals surface area contributed by atoms with Gasteiger partial charge in [-0.25, -0.2) is 0 Å². The first kappa shape index (κ1) is 13.8. The highest BCUT2D eigenvalue weighted by molar-refractivity contribution is 5.84. The Hall–Kier alpha value is -1.60. The molecule has 0 spiro atoms. The molecular formula is C18H23N. The standard InChI is InChI=1S/C18H23N/c1-4-11-19-15(3)14(2)12-16-9-10-17-7-5-6-8-18(17)13-16/h5-10,12-13,15,19H,4,11H2,1-3H3/b14-12+. The van der Waals surface area contributed by atoms with E-state index in [1.165, 1.54) is 28.3 Å². The summed E-state index contributed by atoms with van der Waals surface area (Å²) in [5.41, 5.74) is 2.66. The molecule has 0 saturated heterocycles. The second-order valence-electron chi connectivity index (χ2n) is 5.17. The van der Waals surface area contributed by atoms with Crippen molar-refractivity contribution >= 4 is 16.8 Å². The van der Waals surface area contributed by atoms with Gasteiger partial charge in [0, 0.05) is 6.04 Å². The number of hydrogen-bond acceptors (Lipinski definition) is 1. The average Bonchev–Trinajstić information content (AvgIpc) is 2.44. The molecule has 0 aliphatic heterocycles. The van der Waals surface area contributed by atoms with Gasteiger partial charge in [0.2, 0.25) is 0 Å². The smallest absolute Gasteiger partial charge is 0.0251 e. The van der Waals surface area contributed by atoms with Crippen LogP contribution in [0, 0.1) is 0 Å². The van der Waals surface area contributed by atoms with Crippen molar-refractivity contribution in [3.05, 3.63) is 53.6 Å². The number of benzene rings is 2. The Morgan fingerprint density at radius 1 is 1.16 bits per heavy atom. The summed E-state index contributed by atoms with van der Waals surface area (Å²) in [6.07, 6.45) is 3.45. The van der Waals surface area contributed by atoms with E-state index in [9.17, 15) is 0 Å². The van der Waals surface area contributed by atoms with Gasteiger partial charge in [0.15, 0.2) is 0 Å². The predicted octanol–water partition coefficient (Wildman–Crippen LogP) is 4.63. The summed E-state index contributed by atoms with van der Waals surface area (Å²) in [6, 6.07) is 15.6. The van der Waals surface area contributed by atoms with Gasteiger partial charge in [-0.05, 0) is 49.2 Å². The third-order valence-corrected chi connectivity index (χ3v) is 3.55. The Morgan fingerprint density at radius 2 is 1.89 bits per heavy atom. The van der Waals surface area contributed by atoms with Crippen LogP contribution in [0.25, 0.3) is 16.8 Å². The SMILES string of the molecule is CCCNC(C)/C(C)=C/c1ccc2ccccc2c1. The second-order valence-corrected chi connectivity index (χ2v) is 5.17. The molecule has 0 aliphatic rings. The van der Waals surface area contributed by atoms with Crippen LogP contribution in [0.5, 0.6) is 0 Å². The summed E-state index contributed by atoms with van der Waals surface area (Å²) in [6.45, 7) is 7.69. The monoisotopic (exact) mass is 253 g/mol. The number of hydrogen-bond donors (Lipinski definition) is 1. The van der Waals surface area contributed by atoms with E-state index < -0.39 is 0 Å². The van der Waals surface area contributed by atoms with E-state index in [1.54, 1.807) is 0 Å². The van der Waals surface area contributed by atoms with Crippen LogP contribution in [0.3, 0.4) is 0 Å². The van der Waals surface area contributed by atoms with Gasteiger partial charge in [0.05, 0.1) is 0 Å². The van der Waals surface area contributed by atoms with Gasteiger partial charge in [-0.2, -0.15) is 0 Å². The van der Waals surface area contributed by atoms with Crippen LogP contribution >= 0.6 is 0 Å². The topological polar surface area (TPSA) is 12.0 Å². The lowest BCUT2D eigenvalue weighted by Crippen LogP contribution is -2.27. The number of rotatable bonds is 5. The minimum atomic E-state index is 0.437. The summed E-state index contributed by atoms with van der Waals surface area (Å²) in [5, 5.41) is 6.13. The molecule has 1 N–H and O–H groups in total. The van der Waals surface area contributed by atoms with E-state index in [4.69, 9.17) is 0 Å². The van der Waals surface area contributed by atoms with Crippen molar-refractivity contribution in [1.82, 2.24) is 5.32 Å². The highest BCUT2D eigenvalue weighted by atomic mass is 14.9. The largest absolute Gasteiger partial charge is 0.311 e. The van der Waals surface area contributed by atoms with Gasteiger partial charge < -0.3 is 5.32 Å². The maximum absolute atomic E-state index is 3.52. The Bertz CT molecular complexity index is 569. The lowest BCUT2D eigenvalue weighted by molar-refractivity contribution is 0.604. The summed E-state index contributed by atoms with van der Waals surface area (Å²) < 4.78 is 0. The molecule has 2 aromatic carbocycles. The van der Waals surface area contributed by atoms with Crippen molar-refractivity contribution in [2.45, 2.75) is 33.2 Å². The molecule has 1 nitrogen and oxygen atoms in total. The molecule has 0 saturated carbocycles. The first-order valence-electron chi connectivity index (χ1n) is 7.11. The molecule has 0 aromatic heterocycles. The minimum Gasteiger partial charge on any atom is -0.311 e. The van der Waals surface area contributed by atoms with Crippen LogP contribution in [0.4, 0.5) is 0 Å². The van der Waals surface area contributed by atoms with E-state index in [2.05, 4.69) is 74.6 Å². The normalized spacial score (nSPS) is 13.7. The van der Waals surface area contributed by atoms with Crippen LogP contribution in [-0.4, -0.2) is 12.6 Å². The highest BCUT2D eigenvalue weighted by Gasteiger charge is 2.02. The molecule has 2 rings (SSSR count). The first-order valence-corrected chi connectivity index (χ1v) is 7.11. The fourth-order valence-corrected chi connectivity index (χ4v) is 2.21. The Labute approximate surface area is 116 Å². The lowest BCUT2D eigenvalue weighted by Gasteiger charge is -2.14. The molecule has 19 heavy (non-hydrogen) atoms. The zero-order valence-corrected chi connectivity index (χ0v) is 12.1. The molecule has 0 amide bonds. The van der Waals surface area contributed by atoms with Gasteiger partial charge in [-0.3, -0.25) is 0 Å². The van der Waals surface area contributed by atoms with Gasteiger partial charge in [0.25, 0.3) is 0 Å². The highest BCUT2D eigenvalue weighted by Crippen LogP contribution is 2.18. The maximum atomic E-state index is 3.52. The fourth-order valence-electron chi connectivity index (χ4n) is 2.21. The Balaban J connectivity index is 2.19. The molecule has 2 aromatic rings. The lowest BCUT2D eigenvalue weighted by atomic mass is 10.0. The van der Waals surface area contributed by atoms with Crippen LogP contribution in [0.15, 0.2) is 48.0 Å². The van der Waals surface area contributed by atoms with Crippen LogP contribution < -0.4 is 5.32 Å². The van der Waals surface area contributed by atoms with E-state index in [0.717, 1.165) is 6.54 Å². The van der Waals surface area contributed by atoms with E-state index in [0.29, 0.717) is 6.04 Å². The van der Waals surface area contributed by atoms with Crippen LogP contribution in [0.1, 0.15) is 32.8 Å². The van der Waals surface area contributed by atoms with Crippen molar-refractivity contribution < 1.29 is 0 Å². The van der Waals surface area contributed by atoms with Gasteiger partial charge in [-0.15, -0.1) is 0 Å². The van der Waals surface area contributed by atoms with Crippen molar-refractivity contribution in [1.29, 1.82) is 0 Å². The summed E-state index contributed by atoms with van der Waals surface area (Å²) in [7, 11) is 0. The number of nitrogens with one attached hydrogen (secondary N) is 1. The number of fused-ring (bicyclic) bond motifs is 1. The molecule has 0 bridgehead atoms. The molecule has 1 heteroatoms. The third kappa shape index (κ3) is 3.68. The Kier molecular flexibility index (Phi) is 4.75. The summed E-state index contributed by atoms with van der Waals surface area (Å²) in [5.74, 6) is 0. The molecule has 0 radical (unpaired) electrons. The summed E-state index contributed by atoms with van der Waals surface area (Å²) in [4.78, 5) is 0. The van der Waals surface area contributed by atoms with Gasteiger partial charge in [0.1, 0.15) is 0 Å². The first-order chi connectivity index (χ1) is 9.20. The fraction of sp³-hybridized carbons (Fsp3) is 0.333. The predicted molar refractivity (Wildman–Crippen MR) is 85.4 cm³/mol. The summed E-state index contributed by atoms with van der Waals surface area (Å²) >= 11 is 0. The van der Waals surface area contributed by atoms with Crippen molar-refractivity contribution in [3.63, 3.8) is 0 Å². The van der Waals surface area contributed by atoms with E-state index in [-0.39, 0.29) is 0 Å². The zero-order valence-electron chi connectivity index (χ0n) is 12.1. The molecule has 0 aliphatic carbocycles. The van der Waals surface area contributed by atoms with Gasteiger partial charge >= 0.3 is 0 Å². The average molecular weight is 253 g/mol. The Morgan fingerprint density at radius 3 is 2.63 bits per heavy atom. The van der Waals surface area contributed by atoms with Crippen LogP contribution in [-0.2, 0) is 0 Å². The maximum Gasteiger partial charge on any atom is 0.0251 e. The van der Waals surface area contributed by atoms with Crippen molar-refractivity contribution in [3.8, 4) is 0 Å². The quantitative estimate of drug-likeness (QED) is 0.819. The molecule has 100 valence electrons. The molecule has 1 unspecified atom stereocenters. The van der Waals surface area contributed by atoms with Crippen LogP contribution in [0.2, 0.25) is 0 Å². The molecule has 0 fully saturated rings. The van der Waals surface area contributed by atoms with E-state index in [1.807, 2.05) is 0 Å². The molecule has 1 atom stereocenters. The van der Waals surface area contributed by atoms with Crippen molar-refractivity contribution in [2.75, 3.05) is 6.54 Å². The van der Waals surface area contributed by atoms with Gasteiger partial charge in [-0.1, -0.05) is 55.0 Å². The molecular weight excluding hydrogens is 230 g/mol. The third-order valence-electron chi connectivity index (χ3n) is 3.55.